The van der Waals surface area contributed by atoms with Gasteiger partial charge >= 0.3 is 0 Å². The van der Waals surface area contributed by atoms with E-state index < -0.39 is 0 Å². The van der Waals surface area contributed by atoms with Crippen LogP contribution >= 0.6 is 27.3 Å². The van der Waals surface area contributed by atoms with E-state index in [-0.39, 0.29) is 0 Å². The molecule has 2 heterocycles. The topological polar surface area (TPSA) is 3.24 Å². The Balaban J connectivity index is 1.74. The van der Waals surface area contributed by atoms with E-state index in [9.17, 15) is 0 Å². The molecular weight excluding hydrogens is 270 g/mol. The predicted octanol–water partition coefficient (Wildman–Crippen LogP) is 3.40. The van der Waals surface area contributed by atoms with Crippen LogP contribution in [0.15, 0.2) is 16.8 Å². The van der Waals surface area contributed by atoms with E-state index in [1.165, 1.54) is 49.8 Å². The molecule has 84 valence electrons. The molecule has 0 amide bonds. The van der Waals surface area contributed by atoms with Gasteiger partial charge in [-0.2, -0.15) is 11.3 Å². The maximum absolute atomic E-state index is 3.60. The van der Waals surface area contributed by atoms with Crippen LogP contribution in [0.25, 0.3) is 0 Å². The van der Waals surface area contributed by atoms with Gasteiger partial charge in [0.15, 0.2) is 0 Å². The monoisotopic (exact) mass is 287 g/mol. The molecule has 1 aromatic rings. The summed E-state index contributed by atoms with van der Waals surface area (Å²) >= 11 is 5.41. The SMILES string of the molecule is BrCC1CCCN(CCc2ccsc2)C1. The molecule has 2 rings (SSSR count). The molecule has 1 fully saturated rings. The molecule has 3 heteroatoms. The Bertz CT molecular complexity index is 273. The second-order valence-electron chi connectivity index (χ2n) is 4.34. The minimum Gasteiger partial charge on any atom is -0.303 e. The molecule has 1 aliphatic heterocycles. The van der Waals surface area contributed by atoms with Gasteiger partial charge in [-0.3, -0.25) is 0 Å². The number of piperidine rings is 1. The number of likely N-dealkylation sites (tertiary alicyclic amines) is 1. The zero-order chi connectivity index (χ0) is 10.5. The summed E-state index contributed by atoms with van der Waals surface area (Å²) in [7, 11) is 0. The summed E-state index contributed by atoms with van der Waals surface area (Å²) in [5.74, 6) is 0.876. The normalized spacial score (nSPS) is 23.1. The summed E-state index contributed by atoms with van der Waals surface area (Å²) in [5, 5.41) is 5.61. The number of thiophene rings is 1. The fourth-order valence-electron chi connectivity index (χ4n) is 2.20. The number of halogens is 1. The molecule has 0 spiro atoms. The van der Waals surface area contributed by atoms with E-state index in [0.717, 1.165) is 5.92 Å². The van der Waals surface area contributed by atoms with Gasteiger partial charge in [-0.15, -0.1) is 0 Å². The van der Waals surface area contributed by atoms with Crippen LogP contribution in [0.1, 0.15) is 18.4 Å². The number of hydrogen-bond acceptors (Lipinski definition) is 2. The molecule has 0 N–H and O–H groups in total. The lowest BCUT2D eigenvalue weighted by Crippen LogP contribution is -2.37. The molecule has 0 aromatic carbocycles. The fraction of sp³-hybridized carbons (Fsp3) is 0.667. The molecule has 0 radical (unpaired) electrons. The first-order chi connectivity index (χ1) is 7.38. The Morgan fingerprint density at radius 2 is 2.47 bits per heavy atom. The van der Waals surface area contributed by atoms with Crippen LogP contribution in [-0.2, 0) is 6.42 Å². The molecule has 1 aromatic heterocycles. The first-order valence-electron chi connectivity index (χ1n) is 5.68. The average molecular weight is 288 g/mol. The Morgan fingerprint density at radius 3 is 3.20 bits per heavy atom. The van der Waals surface area contributed by atoms with E-state index >= 15 is 0 Å². The molecule has 0 aliphatic carbocycles. The lowest BCUT2D eigenvalue weighted by Gasteiger charge is -2.31. The first-order valence-corrected chi connectivity index (χ1v) is 7.74. The fourth-order valence-corrected chi connectivity index (χ4v) is 3.43. The smallest absolute Gasteiger partial charge is 0.00718 e. The van der Waals surface area contributed by atoms with Gasteiger partial charge in [0.1, 0.15) is 0 Å². The van der Waals surface area contributed by atoms with Gasteiger partial charge in [0.2, 0.25) is 0 Å². The highest BCUT2D eigenvalue weighted by Crippen LogP contribution is 2.18. The third-order valence-electron chi connectivity index (χ3n) is 3.12. The van der Waals surface area contributed by atoms with Crippen LogP contribution in [0.4, 0.5) is 0 Å². The molecule has 1 unspecified atom stereocenters. The number of nitrogens with zero attached hydrogens (tertiary/aromatic N) is 1. The molecule has 1 saturated heterocycles. The van der Waals surface area contributed by atoms with Crippen LogP contribution in [0.5, 0.6) is 0 Å². The van der Waals surface area contributed by atoms with Crippen LogP contribution < -0.4 is 0 Å². The van der Waals surface area contributed by atoms with Gasteiger partial charge in [0.05, 0.1) is 0 Å². The van der Waals surface area contributed by atoms with Crippen molar-refractivity contribution in [3.63, 3.8) is 0 Å². The highest BCUT2D eigenvalue weighted by atomic mass is 79.9. The summed E-state index contributed by atoms with van der Waals surface area (Å²) < 4.78 is 0. The standard InChI is InChI=1S/C12H18BrNS/c13-8-12-2-1-5-14(9-12)6-3-11-4-7-15-10-11/h4,7,10,12H,1-3,5-6,8-9H2. The van der Waals surface area contributed by atoms with Crippen molar-refractivity contribution in [2.45, 2.75) is 19.3 Å². The Labute approximate surface area is 105 Å². The summed E-state index contributed by atoms with van der Waals surface area (Å²) in [5.41, 5.74) is 1.50. The zero-order valence-electron chi connectivity index (χ0n) is 8.99. The Hall–Kier alpha value is 0.140. The van der Waals surface area contributed by atoms with E-state index in [1.54, 1.807) is 11.3 Å². The van der Waals surface area contributed by atoms with Crippen molar-refractivity contribution in [3.05, 3.63) is 22.4 Å². The van der Waals surface area contributed by atoms with Gasteiger partial charge in [0, 0.05) is 18.4 Å². The third-order valence-corrected chi connectivity index (χ3v) is 4.77. The van der Waals surface area contributed by atoms with Crippen molar-refractivity contribution in [3.8, 4) is 0 Å². The Morgan fingerprint density at radius 1 is 1.53 bits per heavy atom. The molecule has 0 saturated carbocycles. The number of alkyl halides is 1. The summed E-state index contributed by atoms with van der Waals surface area (Å²) in [6, 6.07) is 2.25. The van der Waals surface area contributed by atoms with Crippen molar-refractivity contribution in [1.82, 2.24) is 4.90 Å². The van der Waals surface area contributed by atoms with E-state index in [4.69, 9.17) is 0 Å². The van der Waals surface area contributed by atoms with Gasteiger partial charge in [-0.1, -0.05) is 15.9 Å². The van der Waals surface area contributed by atoms with Crippen molar-refractivity contribution in [2.24, 2.45) is 5.92 Å². The van der Waals surface area contributed by atoms with Crippen LogP contribution in [0, 0.1) is 5.92 Å². The molecule has 1 aliphatic rings. The van der Waals surface area contributed by atoms with Crippen molar-refractivity contribution >= 4 is 27.3 Å². The summed E-state index contributed by atoms with van der Waals surface area (Å²) in [4.78, 5) is 2.62. The average Bonchev–Trinajstić information content (AvgIpc) is 2.79. The predicted molar refractivity (Wildman–Crippen MR) is 71.0 cm³/mol. The van der Waals surface area contributed by atoms with Gasteiger partial charge in [-0.25, -0.2) is 0 Å². The highest BCUT2D eigenvalue weighted by Gasteiger charge is 2.18. The quantitative estimate of drug-likeness (QED) is 0.768. The maximum Gasteiger partial charge on any atom is 0.00718 e. The minimum absolute atomic E-state index is 0.876. The van der Waals surface area contributed by atoms with Crippen molar-refractivity contribution in [1.29, 1.82) is 0 Å². The summed E-state index contributed by atoms with van der Waals surface area (Å²) in [6.07, 6.45) is 4.00. The lowest BCUT2D eigenvalue weighted by molar-refractivity contribution is 0.189. The van der Waals surface area contributed by atoms with Gasteiger partial charge in [0.25, 0.3) is 0 Å². The maximum atomic E-state index is 3.60. The van der Waals surface area contributed by atoms with Crippen LogP contribution in [0.2, 0.25) is 0 Å². The minimum atomic E-state index is 0.876. The van der Waals surface area contributed by atoms with E-state index in [0.29, 0.717) is 0 Å². The molecule has 15 heavy (non-hydrogen) atoms. The third kappa shape index (κ3) is 3.58. The second kappa shape index (κ2) is 6.02. The summed E-state index contributed by atoms with van der Waals surface area (Å²) in [6.45, 7) is 3.82. The van der Waals surface area contributed by atoms with Crippen LogP contribution in [-0.4, -0.2) is 29.9 Å². The number of hydrogen-bond donors (Lipinski definition) is 0. The first kappa shape index (κ1) is 11.6. The van der Waals surface area contributed by atoms with E-state index in [1.807, 2.05) is 0 Å². The van der Waals surface area contributed by atoms with Crippen molar-refractivity contribution < 1.29 is 0 Å². The molecule has 1 atom stereocenters. The highest BCUT2D eigenvalue weighted by molar-refractivity contribution is 9.09. The largest absolute Gasteiger partial charge is 0.303 e. The second-order valence-corrected chi connectivity index (χ2v) is 5.77. The Kier molecular flexibility index (Phi) is 4.66. The molecular formula is C12H18BrNS. The van der Waals surface area contributed by atoms with Gasteiger partial charge in [-0.05, 0) is 54.1 Å². The van der Waals surface area contributed by atoms with Crippen molar-refractivity contribution in [2.75, 3.05) is 25.0 Å². The molecule has 0 bridgehead atoms. The van der Waals surface area contributed by atoms with Gasteiger partial charge < -0.3 is 4.90 Å². The van der Waals surface area contributed by atoms with Crippen LogP contribution in [0.3, 0.4) is 0 Å². The number of rotatable bonds is 4. The van der Waals surface area contributed by atoms with E-state index in [2.05, 4.69) is 37.7 Å². The molecule has 1 nitrogen and oxygen atoms in total. The lowest BCUT2D eigenvalue weighted by atomic mass is 10.00. The zero-order valence-corrected chi connectivity index (χ0v) is 11.4.